The van der Waals surface area contributed by atoms with Gasteiger partial charge >= 0.3 is 0 Å². The van der Waals surface area contributed by atoms with Crippen LogP contribution in [-0.2, 0) is 27.3 Å². The van der Waals surface area contributed by atoms with Crippen molar-refractivity contribution in [2.24, 2.45) is 11.8 Å². The van der Waals surface area contributed by atoms with Crippen LogP contribution in [0.1, 0.15) is 11.1 Å². The van der Waals surface area contributed by atoms with Crippen molar-refractivity contribution in [2.75, 3.05) is 20.2 Å². The van der Waals surface area contributed by atoms with Crippen molar-refractivity contribution < 1.29 is 19.1 Å². The van der Waals surface area contributed by atoms with Crippen LogP contribution in [0.15, 0.2) is 66.9 Å². The predicted octanol–water partition coefficient (Wildman–Crippen LogP) is 2.82. The fraction of sp³-hybridized carbons (Fsp3) is 0.333. The highest BCUT2D eigenvalue weighted by atomic mass is 16.5. The topological polar surface area (TPSA) is 83.7 Å². The molecular formula is C27H27N3O4. The van der Waals surface area contributed by atoms with E-state index >= 15 is 0 Å². The van der Waals surface area contributed by atoms with Crippen LogP contribution >= 0.6 is 0 Å². The largest absolute Gasteiger partial charge is 0.496 e. The minimum atomic E-state index is -0.700. The first-order chi connectivity index (χ1) is 16.6. The van der Waals surface area contributed by atoms with E-state index in [9.17, 15) is 9.59 Å². The Balaban J connectivity index is 1.16. The summed E-state index contributed by atoms with van der Waals surface area (Å²) in [5.74, 6) is -0.430. The van der Waals surface area contributed by atoms with Crippen molar-refractivity contribution in [1.82, 2.24) is 15.2 Å². The number of benzene rings is 2. The van der Waals surface area contributed by atoms with Gasteiger partial charge in [-0.1, -0.05) is 48.6 Å². The number of fused-ring (bicyclic) bond motifs is 2. The van der Waals surface area contributed by atoms with E-state index in [4.69, 9.17) is 9.47 Å². The molecule has 2 saturated heterocycles. The minimum Gasteiger partial charge on any atom is -0.496 e. The Kier molecular flexibility index (Phi) is 4.95. The molecule has 2 bridgehead atoms. The first-order valence-electron chi connectivity index (χ1n) is 11.7. The van der Waals surface area contributed by atoms with Gasteiger partial charge in [0.2, 0.25) is 11.8 Å². The molecule has 3 aliphatic heterocycles. The zero-order chi connectivity index (χ0) is 23.3. The van der Waals surface area contributed by atoms with E-state index in [1.807, 2.05) is 59.6 Å². The fourth-order valence-electron chi connectivity index (χ4n) is 5.81. The highest BCUT2D eigenvalue weighted by Crippen LogP contribution is 2.51. The Labute approximate surface area is 197 Å². The minimum absolute atomic E-state index is 0.00383. The van der Waals surface area contributed by atoms with Crippen molar-refractivity contribution in [2.45, 2.75) is 24.7 Å². The second-order valence-corrected chi connectivity index (χ2v) is 9.30. The molecular weight excluding hydrogens is 430 g/mol. The molecule has 2 amide bonds. The molecule has 7 nitrogen and oxygen atoms in total. The van der Waals surface area contributed by atoms with Crippen molar-refractivity contribution in [3.8, 4) is 5.75 Å². The molecule has 174 valence electrons. The number of likely N-dealkylation sites (tertiary alicyclic amines) is 1. The number of aromatic nitrogens is 1. The lowest BCUT2D eigenvalue weighted by molar-refractivity contribution is -0.137. The van der Waals surface area contributed by atoms with Crippen LogP contribution in [0.2, 0.25) is 0 Å². The first-order valence-corrected chi connectivity index (χ1v) is 11.7. The van der Waals surface area contributed by atoms with Crippen molar-refractivity contribution in [1.29, 1.82) is 0 Å². The van der Waals surface area contributed by atoms with Gasteiger partial charge in [-0.15, -0.1) is 0 Å². The van der Waals surface area contributed by atoms with Gasteiger partial charge in [-0.25, -0.2) is 0 Å². The number of ether oxygens (including phenoxy) is 2. The van der Waals surface area contributed by atoms with Crippen molar-refractivity contribution >= 4 is 22.7 Å². The Hall–Kier alpha value is -3.58. The highest BCUT2D eigenvalue weighted by Gasteiger charge is 2.66. The number of nitrogens with zero attached hydrogens (tertiary/aromatic N) is 1. The van der Waals surface area contributed by atoms with Gasteiger partial charge in [-0.05, 0) is 24.1 Å². The monoisotopic (exact) mass is 457 g/mol. The summed E-state index contributed by atoms with van der Waals surface area (Å²) >= 11 is 0. The highest BCUT2D eigenvalue weighted by molar-refractivity contribution is 5.93. The normalized spacial score (nSPS) is 26.9. The number of H-pyrrole nitrogens is 1. The van der Waals surface area contributed by atoms with E-state index in [1.165, 1.54) is 10.9 Å². The Morgan fingerprint density at radius 3 is 2.91 bits per heavy atom. The number of para-hydroxylation sites is 2. The molecule has 0 radical (unpaired) electrons. The molecule has 0 aliphatic carbocycles. The van der Waals surface area contributed by atoms with Gasteiger partial charge in [0.1, 0.15) is 11.4 Å². The van der Waals surface area contributed by atoms with Crippen LogP contribution in [0.5, 0.6) is 5.75 Å². The summed E-state index contributed by atoms with van der Waals surface area (Å²) in [6.07, 6.45) is 6.34. The zero-order valence-corrected chi connectivity index (χ0v) is 19.0. The maximum absolute atomic E-state index is 13.5. The number of amides is 2. The quantitative estimate of drug-likeness (QED) is 0.535. The molecule has 1 aromatic heterocycles. The van der Waals surface area contributed by atoms with Crippen LogP contribution in [-0.4, -0.2) is 53.6 Å². The maximum atomic E-state index is 13.5. The molecule has 3 aromatic rings. The lowest BCUT2D eigenvalue weighted by atomic mass is 9.77. The molecule has 0 saturated carbocycles. The fourth-order valence-corrected chi connectivity index (χ4v) is 5.81. The number of carbonyl (C=O) groups is 2. The second kappa shape index (κ2) is 8.02. The van der Waals surface area contributed by atoms with Gasteiger partial charge in [0.15, 0.2) is 0 Å². The van der Waals surface area contributed by atoms with Crippen LogP contribution < -0.4 is 10.1 Å². The molecule has 3 aliphatic rings. The van der Waals surface area contributed by atoms with E-state index in [0.29, 0.717) is 19.6 Å². The van der Waals surface area contributed by atoms with E-state index in [2.05, 4.69) is 22.4 Å². The standard InChI is InChI=1S/C27H27N3O4/c1-33-21-9-5-2-6-18(21)15-29-25(31)23-22-10-12-27(34-22)16-30(26(32)24(23)27)13-11-17-14-28-20-8-4-3-7-19(17)20/h2-10,12,14,22-24,28H,11,13,15-16H2,1H3,(H,29,31)/t22-,23+,24+,27+/m1/s1. The van der Waals surface area contributed by atoms with Crippen molar-refractivity contribution in [3.05, 3.63) is 78.0 Å². The van der Waals surface area contributed by atoms with Crippen LogP contribution in [0.4, 0.5) is 0 Å². The summed E-state index contributed by atoms with van der Waals surface area (Å²) in [6, 6.07) is 15.8. The molecule has 4 atom stereocenters. The van der Waals surface area contributed by atoms with Gasteiger partial charge < -0.3 is 24.7 Å². The number of hydrogen-bond acceptors (Lipinski definition) is 4. The summed E-state index contributed by atoms with van der Waals surface area (Å²) in [6.45, 7) is 1.42. The van der Waals surface area contributed by atoms with Gasteiger partial charge in [-0.3, -0.25) is 9.59 Å². The third kappa shape index (κ3) is 3.22. The second-order valence-electron chi connectivity index (χ2n) is 9.30. The number of aromatic amines is 1. The summed E-state index contributed by atoms with van der Waals surface area (Å²) < 4.78 is 11.6. The lowest BCUT2D eigenvalue weighted by Crippen LogP contribution is -2.44. The van der Waals surface area contributed by atoms with Gasteiger partial charge in [0.05, 0.1) is 31.6 Å². The third-order valence-corrected chi connectivity index (χ3v) is 7.45. The van der Waals surface area contributed by atoms with E-state index < -0.39 is 17.4 Å². The number of methoxy groups -OCH3 is 1. The average Bonchev–Trinajstić information content (AvgIpc) is 3.61. The predicted molar refractivity (Wildman–Crippen MR) is 127 cm³/mol. The first kappa shape index (κ1) is 21.0. The third-order valence-electron chi connectivity index (χ3n) is 7.45. The smallest absolute Gasteiger partial charge is 0.230 e. The molecule has 2 N–H and O–H groups in total. The van der Waals surface area contributed by atoms with Crippen LogP contribution in [0.3, 0.4) is 0 Å². The summed E-state index contributed by atoms with van der Waals surface area (Å²) in [5, 5.41) is 4.19. The Morgan fingerprint density at radius 1 is 1.21 bits per heavy atom. The number of hydrogen-bond donors (Lipinski definition) is 2. The summed E-state index contributed by atoms with van der Waals surface area (Å²) in [4.78, 5) is 31.9. The molecule has 0 unspecified atom stereocenters. The number of nitrogens with one attached hydrogen (secondary N) is 2. The Morgan fingerprint density at radius 2 is 2.03 bits per heavy atom. The van der Waals surface area contributed by atoms with E-state index in [-0.39, 0.29) is 17.9 Å². The number of carbonyl (C=O) groups excluding carboxylic acids is 2. The molecule has 2 aromatic carbocycles. The number of rotatable bonds is 7. The summed E-state index contributed by atoms with van der Waals surface area (Å²) in [5.41, 5.74) is 2.47. The molecule has 1 spiro atoms. The lowest BCUT2D eigenvalue weighted by Gasteiger charge is -2.23. The maximum Gasteiger partial charge on any atom is 0.230 e. The van der Waals surface area contributed by atoms with Crippen LogP contribution in [0, 0.1) is 11.8 Å². The van der Waals surface area contributed by atoms with E-state index in [0.717, 1.165) is 23.3 Å². The molecule has 2 fully saturated rings. The molecule has 4 heterocycles. The molecule has 34 heavy (non-hydrogen) atoms. The van der Waals surface area contributed by atoms with Crippen molar-refractivity contribution in [3.63, 3.8) is 0 Å². The summed E-state index contributed by atoms with van der Waals surface area (Å²) in [7, 11) is 1.61. The zero-order valence-electron chi connectivity index (χ0n) is 19.0. The van der Waals surface area contributed by atoms with Gasteiger partial charge in [0, 0.05) is 35.8 Å². The molecule has 6 rings (SSSR count). The molecule has 7 heteroatoms. The van der Waals surface area contributed by atoms with Gasteiger partial charge in [0.25, 0.3) is 0 Å². The Bertz CT molecular complexity index is 1300. The van der Waals surface area contributed by atoms with E-state index in [1.54, 1.807) is 7.11 Å². The van der Waals surface area contributed by atoms with Gasteiger partial charge in [-0.2, -0.15) is 0 Å². The SMILES string of the molecule is COc1ccccc1CNC(=O)[C@@H]1[C@H]2C(=O)N(CCc3c[nH]c4ccccc34)C[C@@]23C=C[C@H]1O3. The average molecular weight is 458 g/mol. The van der Waals surface area contributed by atoms with Crippen LogP contribution in [0.25, 0.3) is 10.9 Å².